The second kappa shape index (κ2) is 8.06. The van der Waals surface area contributed by atoms with Gasteiger partial charge in [-0.2, -0.15) is 0 Å². The monoisotopic (exact) mass is 401 g/mol. The molecule has 8 heteroatoms. The van der Waals surface area contributed by atoms with Crippen LogP contribution >= 0.6 is 0 Å². The van der Waals surface area contributed by atoms with Gasteiger partial charge in [-0.05, 0) is 24.6 Å². The quantitative estimate of drug-likeness (QED) is 0.515. The van der Waals surface area contributed by atoms with Crippen LogP contribution in [-0.4, -0.2) is 35.1 Å². The van der Waals surface area contributed by atoms with Gasteiger partial charge in [0.1, 0.15) is 11.5 Å². The van der Waals surface area contributed by atoms with Gasteiger partial charge in [0.05, 0.1) is 12.3 Å². The zero-order valence-corrected chi connectivity index (χ0v) is 16.8. The Morgan fingerprint density at radius 2 is 1.86 bits per heavy atom. The van der Waals surface area contributed by atoms with E-state index < -0.39 is 29.4 Å². The first-order chi connectivity index (χ1) is 13.6. The maximum absolute atomic E-state index is 12.5. The minimum atomic E-state index is -1.56. The fourth-order valence-electron chi connectivity index (χ4n) is 3.10. The molecule has 0 N–H and O–H groups in total. The van der Waals surface area contributed by atoms with Crippen molar-refractivity contribution in [2.75, 3.05) is 6.61 Å². The number of cyclic esters (lactones) is 2. The molecule has 2 aromatic rings. The summed E-state index contributed by atoms with van der Waals surface area (Å²) in [6, 6.07) is 6.92. The Labute approximate surface area is 168 Å². The predicted molar refractivity (Wildman–Crippen MR) is 100 cm³/mol. The lowest BCUT2D eigenvalue weighted by molar-refractivity contribution is -0.238. The Morgan fingerprint density at radius 3 is 2.48 bits per heavy atom. The number of aryl methyl sites for hydroxylation is 2. The predicted octanol–water partition coefficient (Wildman–Crippen LogP) is 2.48. The first kappa shape index (κ1) is 20.6. The summed E-state index contributed by atoms with van der Waals surface area (Å²) < 4.78 is 21.1. The number of benzene rings is 1. The van der Waals surface area contributed by atoms with Crippen LogP contribution < -0.4 is 4.74 Å². The molecular weight excluding hydrogens is 378 g/mol. The number of nitrogens with zero attached hydrogens (tertiary/aromatic N) is 1. The number of carbonyl (C=O) groups excluding carboxylic acids is 3. The number of aromatic nitrogens is 1. The zero-order valence-electron chi connectivity index (χ0n) is 16.8. The minimum Gasteiger partial charge on any atom is -0.493 e. The molecule has 0 radical (unpaired) electrons. The summed E-state index contributed by atoms with van der Waals surface area (Å²) in [6.07, 6.45) is 0.468. The molecule has 1 saturated heterocycles. The Balaban J connectivity index is 1.59. The van der Waals surface area contributed by atoms with Gasteiger partial charge < -0.3 is 18.6 Å². The van der Waals surface area contributed by atoms with E-state index in [4.69, 9.17) is 18.6 Å². The number of oxazole rings is 1. The summed E-state index contributed by atoms with van der Waals surface area (Å²) >= 11 is 0. The van der Waals surface area contributed by atoms with Crippen LogP contribution in [0.4, 0.5) is 0 Å². The third-order valence-electron chi connectivity index (χ3n) is 4.37. The third-order valence-corrected chi connectivity index (χ3v) is 4.37. The molecule has 29 heavy (non-hydrogen) atoms. The normalized spacial score (nSPS) is 16.3. The van der Waals surface area contributed by atoms with Crippen LogP contribution in [0.15, 0.2) is 28.7 Å². The maximum Gasteiger partial charge on any atom is 0.331 e. The smallest absolute Gasteiger partial charge is 0.331 e. The van der Waals surface area contributed by atoms with E-state index in [0.717, 1.165) is 11.5 Å². The summed E-state index contributed by atoms with van der Waals surface area (Å²) in [7, 11) is 0. The Hall–Kier alpha value is -3.16. The van der Waals surface area contributed by atoms with Crippen molar-refractivity contribution in [3.8, 4) is 5.75 Å². The number of carbonyl (C=O) groups is 3. The van der Waals surface area contributed by atoms with Gasteiger partial charge in [-0.3, -0.25) is 14.4 Å². The molecule has 0 unspecified atom stereocenters. The van der Waals surface area contributed by atoms with E-state index in [1.54, 1.807) is 31.2 Å². The average Bonchev–Trinajstić information content (AvgIpc) is 2.91. The van der Waals surface area contributed by atoms with Crippen LogP contribution in [0.1, 0.15) is 36.8 Å². The van der Waals surface area contributed by atoms with Crippen LogP contribution in [-0.2, 0) is 36.7 Å². The Bertz CT molecular complexity index is 924. The van der Waals surface area contributed by atoms with Crippen LogP contribution in [0, 0.1) is 19.8 Å². The van der Waals surface area contributed by atoms with E-state index >= 15 is 0 Å². The Morgan fingerprint density at radius 1 is 1.17 bits per heavy atom. The molecule has 0 spiro atoms. The highest BCUT2D eigenvalue weighted by molar-refractivity contribution is 6.16. The van der Waals surface area contributed by atoms with Crippen LogP contribution in [0.2, 0.25) is 0 Å². The van der Waals surface area contributed by atoms with Gasteiger partial charge in [0, 0.05) is 33.6 Å². The molecule has 3 rings (SSSR count). The van der Waals surface area contributed by atoms with Crippen molar-refractivity contribution in [1.29, 1.82) is 0 Å². The van der Waals surface area contributed by atoms with Crippen molar-refractivity contribution < 1.29 is 33.0 Å². The van der Waals surface area contributed by atoms with E-state index in [1.165, 1.54) is 13.8 Å². The number of esters is 2. The van der Waals surface area contributed by atoms with Crippen LogP contribution in [0.3, 0.4) is 0 Å². The van der Waals surface area contributed by atoms with E-state index in [2.05, 4.69) is 4.98 Å². The molecule has 1 aromatic heterocycles. The molecule has 1 aromatic carbocycles. The highest BCUT2D eigenvalue weighted by Gasteiger charge is 2.46. The summed E-state index contributed by atoms with van der Waals surface area (Å²) in [5.41, 5.74) is 1.46. The van der Waals surface area contributed by atoms with Crippen LogP contribution in [0.5, 0.6) is 5.75 Å². The molecule has 2 heterocycles. The topological polar surface area (TPSA) is 105 Å². The van der Waals surface area contributed by atoms with E-state index in [9.17, 15) is 14.4 Å². The van der Waals surface area contributed by atoms with Crippen LogP contribution in [0.25, 0.3) is 0 Å². The lowest BCUT2D eigenvalue weighted by atomic mass is 9.97. The SMILES string of the molecule is Cc1nc(CCOc2cccc(CC(=O)C3C(=O)OC(C)(C)OC3=O)c2)c(C)o1. The first-order valence-corrected chi connectivity index (χ1v) is 9.28. The first-order valence-electron chi connectivity index (χ1n) is 9.28. The molecular formula is C21H23NO7. The molecule has 8 nitrogen and oxygen atoms in total. The second-order valence-electron chi connectivity index (χ2n) is 7.30. The minimum absolute atomic E-state index is 0.117. The largest absolute Gasteiger partial charge is 0.493 e. The molecule has 154 valence electrons. The van der Waals surface area contributed by atoms with Gasteiger partial charge in [0.15, 0.2) is 11.7 Å². The molecule has 0 amide bonds. The fourth-order valence-corrected chi connectivity index (χ4v) is 3.10. The van der Waals surface area contributed by atoms with Crippen molar-refractivity contribution in [2.24, 2.45) is 5.92 Å². The second-order valence-corrected chi connectivity index (χ2v) is 7.30. The molecule has 1 aliphatic heterocycles. The summed E-state index contributed by atoms with van der Waals surface area (Å²) in [6.45, 7) is 6.90. The van der Waals surface area contributed by atoms with Gasteiger partial charge in [0.25, 0.3) is 5.79 Å². The van der Waals surface area contributed by atoms with E-state index in [1.807, 2.05) is 6.92 Å². The van der Waals surface area contributed by atoms with E-state index in [0.29, 0.717) is 30.2 Å². The van der Waals surface area contributed by atoms with Gasteiger partial charge in [-0.15, -0.1) is 0 Å². The molecule has 0 saturated carbocycles. The maximum atomic E-state index is 12.5. The molecule has 1 aliphatic rings. The number of hydrogen-bond acceptors (Lipinski definition) is 8. The van der Waals surface area contributed by atoms with Gasteiger partial charge >= 0.3 is 11.9 Å². The highest BCUT2D eigenvalue weighted by Crippen LogP contribution is 2.25. The van der Waals surface area contributed by atoms with Crippen molar-refractivity contribution in [1.82, 2.24) is 4.98 Å². The molecule has 0 atom stereocenters. The standard InChI is InChI=1S/C21H23NO7/c1-12-16(22-13(2)27-12)8-9-26-15-7-5-6-14(10-15)11-17(23)18-19(24)28-21(3,4)29-20(18)25/h5-7,10,18H,8-9,11H2,1-4H3. The fraction of sp³-hybridized carbons (Fsp3) is 0.429. The van der Waals surface area contributed by atoms with Gasteiger partial charge in [-0.25, -0.2) is 4.98 Å². The number of rotatable bonds is 7. The summed E-state index contributed by atoms with van der Waals surface area (Å²) in [5, 5.41) is 0. The van der Waals surface area contributed by atoms with Crippen molar-refractivity contribution in [3.63, 3.8) is 0 Å². The molecule has 0 bridgehead atoms. The Kier molecular flexibility index (Phi) is 5.72. The highest BCUT2D eigenvalue weighted by atomic mass is 16.7. The zero-order chi connectivity index (χ0) is 21.2. The number of hydrogen-bond donors (Lipinski definition) is 0. The summed E-state index contributed by atoms with van der Waals surface area (Å²) in [5.74, 6) is -3.33. The van der Waals surface area contributed by atoms with Crippen molar-refractivity contribution in [2.45, 2.75) is 46.3 Å². The average molecular weight is 401 g/mol. The van der Waals surface area contributed by atoms with Crippen molar-refractivity contribution >= 4 is 17.7 Å². The number of ether oxygens (including phenoxy) is 3. The third kappa shape index (κ3) is 5.01. The number of Topliss-reactive ketones (excluding diaryl/α,β-unsaturated/α-hetero) is 1. The van der Waals surface area contributed by atoms with Crippen molar-refractivity contribution in [3.05, 3.63) is 47.2 Å². The molecule has 1 fully saturated rings. The number of ketones is 1. The van der Waals surface area contributed by atoms with Gasteiger partial charge in [0.2, 0.25) is 5.92 Å². The lowest BCUT2D eigenvalue weighted by Gasteiger charge is -2.32. The lowest BCUT2D eigenvalue weighted by Crippen LogP contribution is -2.49. The van der Waals surface area contributed by atoms with Gasteiger partial charge in [-0.1, -0.05) is 12.1 Å². The van der Waals surface area contributed by atoms with E-state index in [-0.39, 0.29) is 6.42 Å². The summed E-state index contributed by atoms with van der Waals surface area (Å²) in [4.78, 5) is 40.9. The molecule has 0 aliphatic carbocycles.